The quantitative estimate of drug-likeness (QED) is 0.812. The Morgan fingerprint density at radius 3 is 3.05 bits per heavy atom. The lowest BCUT2D eigenvalue weighted by Crippen LogP contribution is -2.24. The molecule has 6 nitrogen and oxygen atoms in total. The van der Waals surface area contributed by atoms with Gasteiger partial charge in [-0.25, -0.2) is 4.98 Å². The molecule has 0 bridgehead atoms. The zero-order valence-corrected chi connectivity index (χ0v) is 12.3. The molecule has 1 heterocycles. The normalized spacial score (nSPS) is 10.2. The molecule has 0 aliphatic carbocycles. The van der Waals surface area contributed by atoms with E-state index in [4.69, 9.17) is 4.74 Å². The van der Waals surface area contributed by atoms with Crippen molar-refractivity contribution in [1.29, 1.82) is 0 Å². The van der Waals surface area contributed by atoms with E-state index >= 15 is 0 Å². The molecule has 2 aromatic rings. The fourth-order valence-corrected chi connectivity index (χ4v) is 1.89. The molecule has 0 spiro atoms. The topological polar surface area (TPSA) is 68.2 Å². The number of imidazole rings is 1. The third-order valence-corrected chi connectivity index (χ3v) is 3.08. The zero-order chi connectivity index (χ0) is 15.1. The summed E-state index contributed by atoms with van der Waals surface area (Å²) in [5.41, 5.74) is 0.926. The average Bonchev–Trinajstić information content (AvgIpc) is 2.98. The van der Waals surface area contributed by atoms with Crippen LogP contribution in [-0.4, -0.2) is 29.1 Å². The van der Waals surface area contributed by atoms with E-state index in [1.54, 1.807) is 13.2 Å². The van der Waals surface area contributed by atoms with Crippen LogP contribution in [0.3, 0.4) is 0 Å². The molecule has 2 N–H and O–H groups in total. The molecule has 1 aromatic carbocycles. The van der Waals surface area contributed by atoms with Crippen LogP contribution in [0.25, 0.3) is 0 Å². The number of carbonyl (C=O) groups excluding carboxylic acids is 1. The van der Waals surface area contributed by atoms with E-state index in [9.17, 15) is 4.79 Å². The van der Waals surface area contributed by atoms with Crippen molar-refractivity contribution in [2.45, 2.75) is 20.0 Å². The minimum Gasteiger partial charge on any atom is -0.484 e. The van der Waals surface area contributed by atoms with Crippen molar-refractivity contribution in [2.75, 3.05) is 19.0 Å². The summed E-state index contributed by atoms with van der Waals surface area (Å²) < 4.78 is 7.49. The number of hydrogen-bond acceptors (Lipinski definition) is 4. The van der Waals surface area contributed by atoms with E-state index in [0.717, 1.165) is 18.1 Å². The highest BCUT2D eigenvalue weighted by atomic mass is 16.5. The maximum absolute atomic E-state index is 11.2. The second-order valence-electron chi connectivity index (χ2n) is 4.47. The summed E-state index contributed by atoms with van der Waals surface area (Å²) in [6.45, 7) is 3.63. The van der Waals surface area contributed by atoms with Gasteiger partial charge in [0.15, 0.2) is 6.61 Å². The van der Waals surface area contributed by atoms with Crippen LogP contribution >= 0.6 is 0 Å². The van der Waals surface area contributed by atoms with Gasteiger partial charge in [-0.2, -0.15) is 0 Å². The summed E-state index contributed by atoms with van der Waals surface area (Å²) in [5, 5.41) is 5.82. The summed E-state index contributed by atoms with van der Waals surface area (Å²) in [5.74, 6) is 1.48. The largest absolute Gasteiger partial charge is 0.484 e. The zero-order valence-electron chi connectivity index (χ0n) is 12.3. The highest BCUT2D eigenvalue weighted by Gasteiger charge is 2.03. The van der Waals surface area contributed by atoms with Crippen LogP contribution < -0.4 is 15.4 Å². The Hall–Kier alpha value is -2.50. The van der Waals surface area contributed by atoms with Gasteiger partial charge in [0.05, 0.1) is 6.54 Å². The standard InChI is InChI=1S/C15H20N4O2/c1-3-19-8-7-17-14(19)10-18-12-5-4-6-13(9-12)21-11-15(20)16-2/h4-9,18H,3,10-11H2,1-2H3,(H,16,20). The van der Waals surface area contributed by atoms with Crippen molar-refractivity contribution >= 4 is 11.6 Å². The smallest absolute Gasteiger partial charge is 0.257 e. The van der Waals surface area contributed by atoms with Gasteiger partial charge in [-0.15, -0.1) is 0 Å². The molecule has 0 atom stereocenters. The van der Waals surface area contributed by atoms with Gasteiger partial charge in [0.25, 0.3) is 5.91 Å². The van der Waals surface area contributed by atoms with Crippen LogP contribution in [0.2, 0.25) is 0 Å². The molecule has 0 aliphatic heterocycles. The number of benzene rings is 1. The van der Waals surface area contributed by atoms with E-state index < -0.39 is 0 Å². The Labute approximate surface area is 124 Å². The third-order valence-electron chi connectivity index (χ3n) is 3.08. The SMILES string of the molecule is CCn1ccnc1CNc1cccc(OCC(=O)NC)c1. The maximum atomic E-state index is 11.2. The minimum absolute atomic E-state index is 0.0141. The van der Waals surface area contributed by atoms with E-state index in [-0.39, 0.29) is 12.5 Å². The number of hydrogen-bond donors (Lipinski definition) is 2. The molecule has 1 amide bonds. The number of anilines is 1. The molecule has 0 unspecified atom stereocenters. The molecule has 0 fully saturated rings. The lowest BCUT2D eigenvalue weighted by molar-refractivity contribution is -0.122. The second-order valence-corrected chi connectivity index (χ2v) is 4.47. The number of nitrogens with zero attached hydrogens (tertiary/aromatic N) is 2. The van der Waals surface area contributed by atoms with Crippen molar-refractivity contribution in [1.82, 2.24) is 14.9 Å². The Kier molecular flexibility index (Phi) is 5.20. The molecular formula is C15H20N4O2. The Morgan fingerprint density at radius 1 is 1.43 bits per heavy atom. The summed E-state index contributed by atoms with van der Waals surface area (Å²) >= 11 is 0. The molecule has 2 rings (SSSR count). The van der Waals surface area contributed by atoms with Gasteiger partial charge in [-0.1, -0.05) is 6.07 Å². The second kappa shape index (κ2) is 7.33. The van der Waals surface area contributed by atoms with Crippen molar-refractivity contribution < 1.29 is 9.53 Å². The van der Waals surface area contributed by atoms with Crippen LogP contribution in [0.15, 0.2) is 36.7 Å². The molecular weight excluding hydrogens is 268 g/mol. The van der Waals surface area contributed by atoms with Gasteiger partial charge >= 0.3 is 0 Å². The Morgan fingerprint density at radius 2 is 2.29 bits per heavy atom. The lowest BCUT2D eigenvalue weighted by Gasteiger charge is -2.10. The van der Waals surface area contributed by atoms with Crippen molar-refractivity contribution in [2.24, 2.45) is 0 Å². The molecule has 1 aromatic heterocycles. The number of ether oxygens (including phenoxy) is 1. The molecule has 21 heavy (non-hydrogen) atoms. The number of carbonyl (C=O) groups is 1. The first-order chi connectivity index (χ1) is 10.2. The summed E-state index contributed by atoms with van der Waals surface area (Å²) in [7, 11) is 1.58. The lowest BCUT2D eigenvalue weighted by atomic mass is 10.3. The minimum atomic E-state index is -0.154. The van der Waals surface area contributed by atoms with Crippen molar-refractivity contribution in [3.05, 3.63) is 42.5 Å². The molecule has 0 saturated heterocycles. The Bertz CT molecular complexity index is 595. The van der Waals surface area contributed by atoms with Gasteiger partial charge in [-0.3, -0.25) is 4.79 Å². The molecule has 112 valence electrons. The van der Waals surface area contributed by atoms with E-state index in [1.165, 1.54) is 0 Å². The molecule has 0 radical (unpaired) electrons. The first kappa shape index (κ1) is 14.9. The van der Waals surface area contributed by atoms with E-state index in [0.29, 0.717) is 12.3 Å². The highest BCUT2D eigenvalue weighted by Crippen LogP contribution is 2.17. The number of likely N-dealkylation sites (N-methyl/N-ethyl adjacent to an activating group) is 1. The van der Waals surface area contributed by atoms with Gasteiger partial charge in [-0.05, 0) is 19.1 Å². The van der Waals surface area contributed by atoms with Crippen LogP contribution in [0.4, 0.5) is 5.69 Å². The van der Waals surface area contributed by atoms with Gasteiger partial charge in [0.2, 0.25) is 0 Å². The summed E-state index contributed by atoms with van der Waals surface area (Å²) in [6.07, 6.45) is 3.75. The van der Waals surface area contributed by atoms with Gasteiger partial charge < -0.3 is 19.9 Å². The van der Waals surface area contributed by atoms with Crippen molar-refractivity contribution in [3.63, 3.8) is 0 Å². The first-order valence-electron chi connectivity index (χ1n) is 6.90. The molecule has 0 aliphatic rings. The van der Waals surface area contributed by atoms with Gasteiger partial charge in [0.1, 0.15) is 11.6 Å². The average molecular weight is 288 g/mol. The van der Waals surface area contributed by atoms with Crippen molar-refractivity contribution in [3.8, 4) is 5.75 Å². The monoisotopic (exact) mass is 288 g/mol. The van der Waals surface area contributed by atoms with Crippen LogP contribution in [-0.2, 0) is 17.9 Å². The third kappa shape index (κ3) is 4.24. The number of aromatic nitrogens is 2. The number of aryl methyl sites for hydroxylation is 1. The van der Waals surface area contributed by atoms with Crippen LogP contribution in [0.1, 0.15) is 12.7 Å². The van der Waals surface area contributed by atoms with Gasteiger partial charge in [0, 0.05) is 37.7 Å². The fraction of sp³-hybridized carbons (Fsp3) is 0.333. The summed E-state index contributed by atoms with van der Waals surface area (Å²) in [6, 6.07) is 7.52. The van der Waals surface area contributed by atoms with E-state index in [1.807, 2.05) is 30.5 Å². The number of nitrogens with one attached hydrogen (secondary N) is 2. The predicted molar refractivity (Wildman–Crippen MR) is 81.2 cm³/mol. The maximum Gasteiger partial charge on any atom is 0.257 e. The van der Waals surface area contributed by atoms with Crippen LogP contribution in [0.5, 0.6) is 5.75 Å². The fourth-order valence-electron chi connectivity index (χ4n) is 1.89. The highest BCUT2D eigenvalue weighted by molar-refractivity contribution is 5.77. The molecule has 6 heteroatoms. The Balaban J connectivity index is 1.93. The molecule has 0 saturated carbocycles. The number of rotatable bonds is 7. The number of amides is 1. The predicted octanol–water partition coefficient (Wildman–Crippen LogP) is 1.64. The first-order valence-corrected chi connectivity index (χ1v) is 6.90. The summed E-state index contributed by atoms with van der Waals surface area (Å²) in [4.78, 5) is 15.5. The van der Waals surface area contributed by atoms with E-state index in [2.05, 4.69) is 27.1 Å². The van der Waals surface area contributed by atoms with Crippen LogP contribution in [0, 0.1) is 0 Å².